The second-order valence-corrected chi connectivity index (χ2v) is 9.88. The van der Waals surface area contributed by atoms with Crippen molar-refractivity contribution in [2.45, 2.75) is 20.8 Å². The van der Waals surface area contributed by atoms with Crippen LogP contribution < -0.4 is 16.7 Å². The van der Waals surface area contributed by atoms with E-state index in [0.29, 0.717) is 0 Å². The molecule has 0 amide bonds. The van der Waals surface area contributed by atoms with Crippen LogP contribution in [0.2, 0.25) is 0 Å². The Labute approximate surface area is 244 Å². The molecule has 0 N–H and O–H groups in total. The van der Waals surface area contributed by atoms with E-state index in [4.69, 9.17) is 0 Å². The maximum atomic E-state index is 11.6. The molecule has 0 aliphatic rings. The molecule has 0 fully saturated rings. The summed E-state index contributed by atoms with van der Waals surface area (Å²) in [5, 5.41) is 0. The molecule has 3 aromatic heterocycles. The monoisotopic (exact) mass is 564 g/mol. The second kappa shape index (κ2) is 12.9. The van der Waals surface area contributed by atoms with Gasteiger partial charge >= 0.3 is 0 Å². The lowest BCUT2D eigenvalue weighted by Gasteiger charge is -2.07. The summed E-state index contributed by atoms with van der Waals surface area (Å²) >= 11 is 0. The molecule has 3 heterocycles. The van der Waals surface area contributed by atoms with Crippen molar-refractivity contribution >= 4 is 0 Å². The minimum Gasteiger partial charge on any atom is -0.285 e. The number of hydrogen-bond acceptors (Lipinski definition) is 3. The first-order chi connectivity index (χ1) is 20.1. The van der Waals surface area contributed by atoms with E-state index < -0.39 is 0 Å². The van der Waals surface area contributed by atoms with Crippen LogP contribution in [0.3, 0.4) is 0 Å². The maximum Gasteiger partial charge on any atom is 0.271 e. The molecule has 6 aromatic rings. The summed E-state index contributed by atoms with van der Waals surface area (Å²) in [6.07, 6.45) is 0. The Morgan fingerprint density at radius 1 is 0.381 bits per heavy atom. The summed E-state index contributed by atoms with van der Waals surface area (Å²) in [6.45, 7) is 5.75. The third kappa shape index (κ3) is 6.36. The van der Waals surface area contributed by atoms with Crippen molar-refractivity contribution in [2.75, 3.05) is 0 Å². The van der Waals surface area contributed by atoms with Gasteiger partial charge in [0, 0.05) is 56.4 Å². The number of benzene rings is 3. The van der Waals surface area contributed by atoms with Crippen LogP contribution in [-0.2, 0) is 21.1 Å². The van der Waals surface area contributed by atoms with Gasteiger partial charge in [0.2, 0.25) is 0 Å². The SMILES string of the molecule is Cc1cc(=O)n(-c2ccccc2)n1C.Cc1cc(=O)n(-c2ccccc2)n1C.Cc1cc(=O)n(-c2ccccc2)n1C. The lowest BCUT2D eigenvalue weighted by Crippen LogP contribution is -2.18. The number of aryl methyl sites for hydroxylation is 3. The summed E-state index contributed by atoms with van der Waals surface area (Å²) in [5.74, 6) is 0. The number of aromatic nitrogens is 6. The Kier molecular flexibility index (Phi) is 9.12. The van der Waals surface area contributed by atoms with Gasteiger partial charge in [-0.3, -0.25) is 28.4 Å². The third-order valence-corrected chi connectivity index (χ3v) is 7.06. The molecule has 6 rings (SSSR count). The van der Waals surface area contributed by atoms with Crippen molar-refractivity contribution in [3.63, 3.8) is 0 Å². The molecule has 0 aliphatic heterocycles. The van der Waals surface area contributed by atoms with Gasteiger partial charge in [0.05, 0.1) is 17.1 Å². The average Bonchev–Trinajstić information content (AvgIpc) is 3.51. The zero-order valence-corrected chi connectivity index (χ0v) is 24.8. The zero-order chi connectivity index (χ0) is 30.4. The first-order valence-electron chi connectivity index (χ1n) is 13.5. The topological polar surface area (TPSA) is 80.8 Å². The molecule has 9 nitrogen and oxygen atoms in total. The summed E-state index contributed by atoms with van der Waals surface area (Å²) < 4.78 is 10.5. The Balaban J connectivity index is 0.000000145. The highest BCUT2D eigenvalue weighted by Crippen LogP contribution is 2.07. The zero-order valence-electron chi connectivity index (χ0n) is 24.8. The van der Waals surface area contributed by atoms with Gasteiger partial charge in [0.1, 0.15) is 0 Å². The number of hydrogen-bond donors (Lipinski definition) is 0. The average molecular weight is 565 g/mol. The fourth-order valence-electron chi connectivity index (χ4n) is 4.53. The van der Waals surface area contributed by atoms with Gasteiger partial charge in [0.15, 0.2) is 0 Å². The molecule has 0 saturated heterocycles. The van der Waals surface area contributed by atoms with Crippen molar-refractivity contribution in [1.29, 1.82) is 0 Å². The molecule has 0 aliphatic carbocycles. The number of para-hydroxylation sites is 3. The van der Waals surface area contributed by atoms with Crippen LogP contribution in [-0.4, -0.2) is 28.1 Å². The molecule has 0 radical (unpaired) electrons. The Hall–Kier alpha value is -5.31. The summed E-state index contributed by atoms with van der Waals surface area (Å²) in [5.41, 5.74) is 5.59. The Bertz CT molecular complexity index is 1710. The molecule has 0 spiro atoms. The van der Waals surface area contributed by atoms with Gasteiger partial charge in [-0.05, 0) is 57.2 Å². The third-order valence-electron chi connectivity index (χ3n) is 7.06. The lowest BCUT2D eigenvalue weighted by molar-refractivity contribution is 0.630. The minimum atomic E-state index is 0.0104. The number of nitrogens with zero attached hydrogens (tertiary/aromatic N) is 6. The highest BCUT2D eigenvalue weighted by atomic mass is 16.1. The highest BCUT2D eigenvalue weighted by molar-refractivity contribution is 5.32. The van der Waals surface area contributed by atoms with Crippen LogP contribution in [0.5, 0.6) is 0 Å². The van der Waals surface area contributed by atoms with Crippen molar-refractivity contribution in [1.82, 2.24) is 28.1 Å². The van der Waals surface area contributed by atoms with Crippen LogP contribution in [0.4, 0.5) is 0 Å². The van der Waals surface area contributed by atoms with Gasteiger partial charge in [-0.1, -0.05) is 54.6 Å². The summed E-state index contributed by atoms with van der Waals surface area (Å²) in [4.78, 5) is 34.8. The standard InChI is InChI=1S/3C11H12N2O/c3*1-9-8-11(14)13(12(9)2)10-6-4-3-5-7-10/h3*3-8H,1-2H3. The predicted octanol–water partition coefficient (Wildman–Crippen LogP) is 4.45. The fourth-order valence-corrected chi connectivity index (χ4v) is 4.53. The van der Waals surface area contributed by atoms with Gasteiger partial charge in [-0.2, -0.15) is 0 Å². The van der Waals surface area contributed by atoms with Gasteiger partial charge in [-0.15, -0.1) is 0 Å². The molecule has 216 valence electrons. The Morgan fingerprint density at radius 2 is 0.595 bits per heavy atom. The van der Waals surface area contributed by atoms with Gasteiger partial charge in [0.25, 0.3) is 16.7 Å². The summed E-state index contributed by atoms with van der Waals surface area (Å²) in [6, 6.07) is 33.7. The fraction of sp³-hybridized carbons (Fsp3) is 0.182. The van der Waals surface area contributed by atoms with E-state index in [1.165, 1.54) is 0 Å². The van der Waals surface area contributed by atoms with Crippen LogP contribution in [0.1, 0.15) is 17.1 Å². The normalized spacial score (nSPS) is 10.4. The van der Waals surface area contributed by atoms with E-state index in [2.05, 4.69) is 0 Å². The van der Waals surface area contributed by atoms with E-state index in [1.54, 1.807) is 32.2 Å². The van der Waals surface area contributed by atoms with Gasteiger partial charge in [-0.25, -0.2) is 14.0 Å². The molecule has 42 heavy (non-hydrogen) atoms. The molecular formula is C33H36N6O3. The smallest absolute Gasteiger partial charge is 0.271 e. The predicted molar refractivity (Wildman–Crippen MR) is 167 cm³/mol. The first-order valence-corrected chi connectivity index (χ1v) is 13.5. The molecule has 9 heteroatoms. The van der Waals surface area contributed by atoms with Crippen molar-refractivity contribution < 1.29 is 0 Å². The van der Waals surface area contributed by atoms with E-state index in [1.807, 2.05) is 147 Å². The van der Waals surface area contributed by atoms with Crippen LogP contribution in [0.15, 0.2) is 124 Å². The van der Waals surface area contributed by atoms with Crippen molar-refractivity contribution in [3.8, 4) is 17.1 Å². The van der Waals surface area contributed by atoms with Crippen LogP contribution in [0.25, 0.3) is 17.1 Å². The quantitative estimate of drug-likeness (QED) is 0.319. The second-order valence-electron chi connectivity index (χ2n) is 9.88. The number of rotatable bonds is 3. The first kappa shape index (κ1) is 29.7. The van der Waals surface area contributed by atoms with E-state index in [-0.39, 0.29) is 16.7 Å². The van der Waals surface area contributed by atoms with Crippen molar-refractivity contribution in [3.05, 3.63) is 157 Å². The summed E-state index contributed by atoms with van der Waals surface area (Å²) in [7, 11) is 5.64. The lowest BCUT2D eigenvalue weighted by atomic mass is 10.3. The highest BCUT2D eigenvalue weighted by Gasteiger charge is 2.07. The van der Waals surface area contributed by atoms with E-state index >= 15 is 0 Å². The van der Waals surface area contributed by atoms with E-state index in [0.717, 1.165) is 34.1 Å². The maximum absolute atomic E-state index is 11.6. The van der Waals surface area contributed by atoms with Crippen molar-refractivity contribution in [2.24, 2.45) is 21.1 Å². The molecule has 0 saturated carbocycles. The molecule has 3 aromatic carbocycles. The largest absolute Gasteiger partial charge is 0.285 e. The molecule has 0 unspecified atom stereocenters. The molecule has 0 atom stereocenters. The van der Waals surface area contributed by atoms with Crippen LogP contribution in [0, 0.1) is 20.8 Å². The molecular weight excluding hydrogens is 528 g/mol. The van der Waals surface area contributed by atoms with Gasteiger partial charge < -0.3 is 0 Å². The minimum absolute atomic E-state index is 0.0104. The van der Waals surface area contributed by atoms with Crippen LogP contribution >= 0.6 is 0 Å². The molecule has 0 bridgehead atoms. The Morgan fingerprint density at radius 3 is 0.762 bits per heavy atom. The van der Waals surface area contributed by atoms with E-state index in [9.17, 15) is 14.4 Å².